The molecule has 2 aromatic rings. The molecule has 1 aliphatic heterocycles. The minimum atomic E-state index is -0.679. The predicted molar refractivity (Wildman–Crippen MR) is 97.8 cm³/mol. The molecule has 1 saturated carbocycles. The van der Waals surface area contributed by atoms with Gasteiger partial charge in [-0.15, -0.1) is 0 Å². The van der Waals surface area contributed by atoms with Crippen molar-refractivity contribution in [1.29, 1.82) is 0 Å². The summed E-state index contributed by atoms with van der Waals surface area (Å²) in [6, 6.07) is 12.5. The van der Waals surface area contributed by atoms with E-state index in [9.17, 15) is 9.90 Å². The fourth-order valence-corrected chi connectivity index (χ4v) is 4.83. The number of hydrogen-bond donors (Lipinski definition) is 1. The molecule has 4 heteroatoms. The molecular weight excluding hydrogens is 314 g/mol. The summed E-state index contributed by atoms with van der Waals surface area (Å²) in [5.41, 5.74) is 1.13. The van der Waals surface area contributed by atoms with E-state index in [1.54, 1.807) is 7.11 Å². The van der Waals surface area contributed by atoms with E-state index >= 15 is 0 Å². The lowest BCUT2D eigenvalue weighted by atomic mass is 9.84. The van der Waals surface area contributed by atoms with Gasteiger partial charge < -0.3 is 9.84 Å². The largest absolute Gasteiger partial charge is 0.496 e. The molecule has 3 atom stereocenters. The zero-order chi connectivity index (χ0) is 17.4. The highest BCUT2D eigenvalue weighted by Crippen LogP contribution is 2.41. The number of carboxylic acid groups (broad SMARTS) is 1. The number of carboxylic acids is 1. The third-order valence-corrected chi connectivity index (χ3v) is 5.98. The molecule has 25 heavy (non-hydrogen) atoms. The summed E-state index contributed by atoms with van der Waals surface area (Å²) in [7, 11) is 1.69. The van der Waals surface area contributed by atoms with E-state index in [1.165, 1.54) is 19.3 Å². The van der Waals surface area contributed by atoms with Crippen molar-refractivity contribution in [2.75, 3.05) is 7.11 Å². The van der Waals surface area contributed by atoms with Gasteiger partial charge in [-0.2, -0.15) is 0 Å². The highest BCUT2D eigenvalue weighted by molar-refractivity contribution is 5.89. The van der Waals surface area contributed by atoms with E-state index in [0.717, 1.165) is 34.9 Å². The van der Waals surface area contributed by atoms with Gasteiger partial charge in [0.05, 0.1) is 7.11 Å². The van der Waals surface area contributed by atoms with Crippen LogP contribution in [-0.4, -0.2) is 35.2 Å². The smallest absolute Gasteiger partial charge is 0.320 e. The van der Waals surface area contributed by atoms with Crippen LogP contribution in [0.15, 0.2) is 36.4 Å². The Labute approximate surface area is 148 Å². The van der Waals surface area contributed by atoms with Crippen molar-refractivity contribution >= 4 is 16.7 Å². The first-order valence-electron chi connectivity index (χ1n) is 9.21. The van der Waals surface area contributed by atoms with Gasteiger partial charge in [-0.1, -0.05) is 37.1 Å². The Morgan fingerprint density at radius 2 is 2.04 bits per heavy atom. The van der Waals surface area contributed by atoms with Gasteiger partial charge in [0.1, 0.15) is 11.8 Å². The zero-order valence-corrected chi connectivity index (χ0v) is 14.6. The molecule has 2 aliphatic rings. The Balaban J connectivity index is 1.67. The first-order valence-corrected chi connectivity index (χ1v) is 9.21. The number of methoxy groups -OCH3 is 1. The zero-order valence-electron chi connectivity index (χ0n) is 14.6. The van der Waals surface area contributed by atoms with Crippen LogP contribution < -0.4 is 4.74 Å². The van der Waals surface area contributed by atoms with E-state index in [2.05, 4.69) is 29.2 Å². The summed E-state index contributed by atoms with van der Waals surface area (Å²) in [5.74, 6) is 0.721. The number of rotatable bonds is 4. The van der Waals surface area contributed by atoms with Gasteiger partial charge in [-0.25, -0.2) is 0 Å². The third-order valence-electron chi connectivity index (χ3n) is 5.98. The van der Waals surface area contributed by atoms with Crippen molar-refractivity contribution < 1.29 is 14.6 Å². The second-order valence-corrected chi connectivity index (χ2v) is 7.39. The first-order chi connectivity index (χ1) is 12.2. The third kappa shape index (κ3) is 2.99. The molecule has 2 aromatic carbocycles. The molecule has 0 spiro atoms. The van der Waals surface area contributed by atoms with Crippen LogP contribution in [0, 0.1) is 5.92 Å². The van der Waals surface area contributed by atoms with E-state index in [-0.39, 0.29) is 6.04 Å². The molecule has 1 saturated heterocycles. The molecule has 0 amide bonds. The second-order valence-electron chi connectivity index (χ2n) is 7.39. The maximum Gasteiger partial charge on any atom is 0.320 e. The van der Waals surface area contributed by atoms with Crippen LogP contribution in [0.25, 0.3) is 10.8 Å². The highest BCUT2D eigenvalue weighted by atomic mass is 16.5. The number of likely N-dealkylation sites (tertiary alicyclic amines) is 1. The quantitative estimate of drug-likeness (QED) is 0.912. The molecule has 0 radical (unpaired) electrons. The summed E-state index contributed by atoms with van der Waals surface area (Å²) >= 11 is 0. The molecule has 3 unspecified atom stereocenters. The normalized spacial score (nSPS) is 26.5. The van der Waals surface area contributed by atoms with Gasteiger partial charge in [0.15, 0.2) is 0 Å². The molecule has 1 aliphatic carbocycles. The Hall–Kier alpha value is -2.07. The number of nitrogens with zero attached hydrogens (tertiary/aromatic N) is 1. The first kappa shape index (κ1) is 16.4. The van der Waals surface area contributed by atoms with E-state index in [0.29, 0.717) is 18.5 Å². The molecule has 4 nitrogen and oxygen atoms in total. The highest BCUT2D eigenvalue weighted by Gasteiger charge is 2.44. The predicted octanol–water partition coefficient (Wildman–Crippen LogP) is 4.07. The average molecular weight is 339 g/mol. The molecular formula is C21H25NO3. The van der Waals surface area contributed by atoms with E-state index in [4.69, 9.17) is 4.74 Å². The molecule has 1 N–H and O–H groups in total. The fourth-order valence-electron chi connectivity index (χ4n) is 4.83. The Bertz CT molecular complexity index is 788. The fraction of sp³-hybridized carbons (Fsp3) is 0.476. The van der Waals surface area contributed by atoms with Crippen LogP contribution in [0.2, 0.25) is 0 Å². The minimum Gasteiger partial charge on any atom is -0.496 e. The van der Waals surface area contributed by atoms with Crippen LogP contribution in [0.1, 0.15) is 37.7 Å². The lowest BCUT2D eigenvalue weighted by molar-refractivity contribution is -0.142. The van der Waals surface area contributed by atoms with Crippen molar-refractivity contribution in [3.05, 3.63) is 42.0 Å². The minimum absolute atomic E-state index is 0.356. The maximum absolute atomic E-state index is 11.8. The summed E-state index contributed by atoms with van der Waals surface area (Å²) in [6.07, 6.45) is 5.55. The van der Waals surface area contributed by atoms with Crippen molar-refractivity contribution in [3.63, 3.8) is 0 Å². The molecule has 2 fully saturated rings. The Morgan fingerprint density at radius 3 is 2.84 bits per heavy atom. The number of fused-ring (bicyclic) bond motifs is 2. The summed E-state index contributed by atoms with van der Waals surface area (Å²) in [4.78, 5) is 14.0. The average Bonchev–Trinajstić information content (AvgIpc) is 3.00. The summed E-state index contributed by atoms with van der Waals surface area (Å²) in [6.45, 7) is 0.680. The van der Waals surface area contributed by atoms with Crippen molar-refractivity contribution in [1.82, 2.24) is 4.90 Å². The van der Waals surface area contributed by atoms with Crippen LogP contribution in [0.5, 0.6) is 5.75 Å². The standard InChI is InChI=1S/C21H25NO3/c1-25-20-11-14(10-15-6-2-4-8-17(15)20)13-22-18-9-5-3-7-16(18)12-19(22)21(23)24/h2,4,6,8,10-11,16,18-19H,3,5,7,9,12-13H2,1H3,(H,23,24). The van der Waals surface area contributed by atoms with Gasteiger partial charge in [-0.3, -0.25) is 9.69 Å². The van der Waals surface area contributed by atoms with Crippen LogP contribution in [-0.2, 0) is 11.3 Å². The van der Waals surface area contributed by atoms with E-state index < -0.39 is 5.97 Å². The number of carbonyl (C=O) groups is 1. The Morgan fingerprint density at radius 1 is 1.24 bits per heavy atom. The number of aliphatic carboxylic acids is 1. The second kappa shape index (κ2) is 6.68. The van der Waals surface area contributed by atoms with Crippen molar-refractivity contribution in [3.8, 4) is 5.75 Å². The molecule has 0 bridgehead atoms. The lowest BCUT2D eigenvalue weighted by Gasteiger charge is -2.33. The molecule has 0 aromatic heterocycles. The lowest BCUT2D eigenvalue weighted by Crippen LogP contribution is -2.41. The van der Waals surface area contributed by atoms with Crippen molar-refractivity contribution in [2.24, 2.45) is 5.92 Å². The number of benzene rings is 2. The topological polar surface area (TPSA) is 49.8 Å². The maximum atomic E-state index is 11.8. The monoisotopic (exact) mass is 339 g/mol. The van der Waals surface area contributed by atoms with Crippen LogP contribution in [0.4, 0.5) is 0 Å². The number of hydrogen-bond acceptors (Lipinski definition) is 3. The number of ether oxygens (including phenoxy) is 1. The molecule has 4 rings (SSSR count). The SMILES string of the molecule is COc1cc(CN2C(C(=O)O)CC3CCCCC32)cc2ccccc12. The van der Waals surface area contributed by atoms with Gasteiger partial charge in [0.25, 0.3) is 0 Å². The Kier molecular flexibility index (Phi) is 4.38. The van der Waals surface area contributed by atoms with Gasteiger partial charge in [-0.05, 0) is 48.3 Å². The molecule has 132 valence electrons. The van der Waals surface area contributed by atoms with Crippen LogP contribution >= 0.6 is 0 Å². The summed E-state index contributed by atoms with van der Waals surface area (Å²) in [5, 5.41) is 12.0. The molecule has 1 heterocycles. The summed E-state index contributed by atoms with van der Waals surface area (Å²) < 4.78 is 5.58. The van der Waals surface area contributed by atoms with Crippen molar-refractivity contribution in [2.45, 2.75) is 50.7 Å². The van der Waals surface area contributed by atoms with E-state index in [1.807, 2.05) is 12.1 Å². The van der Waals surface area contributed by atoms with Gasteiger partial charge >= 0.3 is 5.97 Å². The van der Waals surface area contributed by atoms with Crippen LogP contribution in [0.3, 0.4) is 0 Å². The van der Waals surface area contributed by atoms with Gasteiger partial charge in [0, 0.05) is 18.0 Å². The van der Waals surface area contributed by atoms with Gasteiger partial charge in [0.2, 0.25) is 0 Å².